The average Bonchev–Trinajstić information content (AvgIpc) is 2.78. The van der Waals surface area contributed by atoms with E-state index in [9.17, 15) is 0 Å². The second kappa shape index (κ2) is 4.44. The molecule has 2 aromatic rings. The largest absolute Gasteiger partial charge is 0.361 e. The molecule has 1 N–H and O–H groups in total. The van der Waals surface area contributed by atoms with Crippen molar-refractivity contribution < 1.29 is 9.05 Å². The van der Waals surface area contributed by atoms with Gasteiger partial charge in [0.1, 0.15) is 5.76 Å². The van der Waals surface area contributed by atoms with E-state index in [-0.39, 0.29) is 0 Å². The minimum absolute atomic E-state index is 0.571. The van der Waals surface area contributed by atoms with Gasteiger partial charge in [0, 0.05) is 19.0 Å². The number of nitrogens with zero attached hydrogens (tertiary/aromatic N) is 3. The van der Waals surface area contributed by atoms with Gasteiger partial charge in [-0.25, -0.2) is 0 Å². The van der Waals surface area contributed by atoms with E-state index in [1.807, 2.05) is 13.8 Å². The molecular weight excluding hydrogens is 208 g/mol. The van der Waals surface area contributed by atoms with Crippen molar-refractivity contribution in [2.24, 2.45) is 0 Å². The van der Waals surface area contributed by atoms with Gasteiger partial charge >= 0.3 is 0 Å². The van der Waals surface area contributed by atoms with Gasteiger partial charge in [0.2, 0.25) is 5.89 Å². The third kappa shape index (κ3) is 2.27. The molecule has 0 unspecified atom stereocenters. The van der Waals surface area contributed by atoms with E-state index in [0.717, 1.165) is 17.0 Å². The smallest absolute Gasteiger partial charge is 0.223 e. The molecular formula is C10H14N4O2. The van der Waals surface area contributed by atoms with E-state index in [4.69, 9.17) is 9.05 Å². The molecule has 2 heterocycles. The van der Waals surface area contributed by atoms with Crippen LogP contribution in [0.5, 0.6) is 0 Å². The van der Waals surface area contributed by atoms with Crippen LogP contribution >= 0.6 is 0 Å². The molecule has 0 aliphatic heterocycles. The van der Waals surface area contributed by atoms with Crippen LogP contribution in [0.15, 0.2) is 9.05 Å². The lowest BCUT2D eigenvalue weighted by atomic mass is 10.2. The highest BCUT2D eigenvalue weighted by Crippen LogP contribution is 2.11. The number of nitrogens with one attached hydrogen (secondary N) is 1. The summed E-state index contributed by atoms with van der Waals surface area (Å²) in [6.45, 7) is 6.85. The number of hydrogen-bond donors (Lipinski definition) is 1. The second-order valence-corrected chi connectivity index (χ2v) is 3.64. The van der Waals surface area contributed by atoms with Crippen molar-refractivity contribution >= 4 is 0 Å². The van der Waals surface area contributed by atoms with Crippen molar-refractivity contribution in [3.05, 3.63) is 28.7 Å². The lowest BCUT2D eigenvalue weighted by molar-refractivity contribution is 0.385. The van der Waals surface area contributed by atoms with Crippen LogP contribution in [0, 0.1) is 20.8 Å². The van der Waals surface area contributed by atoms with Gasteiger partial charge in [0.25, 0.3) is 0 Å². The Morgan fingerprint density at radius 1 is 1.06 bits per heavy atom. The Balaban J connectivity index is 1.89. The highest BCUT2D eigenvalue weighted by molar-refractivity contribution is 5.20. The predicted octanol–water partition coefficient (Wildman–Crippen LogP) is 1.27. The Bertz CT molecular complexity index is 455. The average molecular weight is 222 g/mol. The fourth-order valence-corrected chi connectivity index (χ4v) is 1.47. The van der Waals surface area contributed by atoms with Crippen molar-refractivity contribution in [2.45, 2.75) is 33.9 Å². The Kier molecular flexibility index (Phi) is 3.00. The zero-order valence-corrected chi connectivity index (χ0v) is 9.57. The SMILES string of the molecule is Cc1nc(CNCc2c(C)noc2C)no1. The first-order valence-corrected chi connectivity index (χ1v) is 5.08. The molecule has 6 nitrogen and oxygen atoms in total. The maximum atomic E-state index is 5.06. The van der Waals surface area contributed by atoms with Gasteiger partial charge in [-0.15, -0.1) is 0 Å². The van der Waals surface area contributed by atoms with E-state index in [2.05, 4.69) is 20.6 Å². The van der Waals surface area contributed by atoms with E-state index in [0.29, 0.717) is 24.8 Å². The third-order valence-electron chi connectivity index (χ3n) is 2.34. The molecule has 0 bridgehead atoms. The van der Waals surface area contributed by atoms with Crippen LogP contribution in [-0.2, 0) is 13.1 Å². The Hall–Kier alpha value is -1.69. The fourth-order valence-electron chi connectivity index (χ4n) is 1.47. The van der Waals surface area contributed by atoms with Crippen LogP contribution < -0.4 is 5.32 Å². The number of aryl methyl sites for hydroxylation is 3. The minimum Gasteiger partial charge on any atom is -0.361 e. The molecule has 0 fully saturated rings. The molecule has 0 aliphatic carbocycles. The first-order chi connectivity index (χ1) is 7.66. The van der Waals surface area contributed by atoms with Crippen LogP contribution in [0.3, 0.4) is 0 Å². The molecule has 0 aliphatic rings. The van der Waals surface area contributed by atoms with Gasteiger partial charge in [-0.2, -0.15) is 4.98 Å². The summed E-state index contributed by atoms with van der Waals surface area (Å²) in [6, 6.07) is 0. The van der Waals surface area contributed by atoms with Gasteiger partial charge in [0.05, 0.1) is 12.2 Å². The minimum atomic E-state index is 0.571. The zero-order valence-electron chi connectivity index (χ0n) is 9.57. The molecule has 16 heavy (non-hydrogen) atoms. The van der Waals surface area contributed by atoms with Gasteiger partial charge in [-0.3, -0.25) is 0 Å². The van der Waals surface area contributed by atoms with Gasteiger partial charge in [0.15, 0.2) is 5.82 Å². The van der Waals surface area contributed by atoms with Crippen LogP contribution in [0.1, 0.15) is 28.7 Å². The molecule has 6 heteroatoms. The summed E-state index contributed by atoms with van der Waals surface area (Å²) in [4.78, 5) is 4.10. The normalized spacial score (nSPS) is 10.9. The summed E-state index contributed by atoms with van der Waals surface area (Å²) in [7, 11) is 0. The molecule has 2 rings (SSSR count). The van der Waals surface area contributed by atoms with Crippen molar-refractivity contribution in [3.8, 4) is 0 Å². The number of hydrogen-bond acceptors (Lipinski definition) is 6. The Morgan fingerprint density at radius 2 is 1.88 bits per heavy atom. The van der Waals surface area contributed by atoms with Gasteiger partial charge in [-0.05, 0) is 13.8 Å². The summed E-state index contributed by atoms with van der Waals surface area (Å²) in [5, 5.41) is 10.9. The molecule has 0 saturated heterocycles. The maximum Gasteiger partial charge on any atom is 0.223 e. The summed E-state index contributed by atoms with van der Waals surface area (Å²) >= 11 is 0. The second-order valence-electron chi connectivity index (χ2n) is 3.64. The van der Waals surface area contributed by atoms with Crippen molar-refractivity contribution in [1.29, 1.82) is 0 Å². The van der Waals surface area contributed by atoms with Crippen molar-refractivity contribution in [1.82, 2.24) is 20.6 Å². The Morgan fingerprint density at radius 3 is 2.44 bits per heavy atom. The number of aromatic nitrogens is 3. The topological polar surface area (TPSA) is 77.0 Å². The van der Waals surface area contributed by atoms with Crippen molar-refractivity contribution in [2.75, 3.05) is 0 Å². The van der Waals surface area contributed by atoms with Crippen LogP contribution in [0.25, 0.3) is 0 Å². The fraction of sp³-hybridized carbons (Fsp3) is 0.500. The maximum absolute atomic E-state index is 5.06. The summed E-state index contributed by atoms with van der Waals surface area (Å²) < 4.78 is 9.93. The molecule has 86 valence electrons. The van der Waals surface area contributed by atoms with Gasteiger partial charge < -0.3 is 14.4 Å². The predicted molar refractivity (Wildman–Crippen MR) is 55.6 cm³/mol. The van der Waals surface area contributed by atoms with E-state index in [1.165, 1.54) is 0 Å². The molecule has 0 saturated carbocycles. The Labute approximate surface area is 93.0 Å². The van der Waals surface area contributed by atoms with E-state index < -0.39 is 0 Å². The molecule has 0 amide bonds. The van der Waals surface area contributed by atoms with Crippen LogP contribution in [0.2, 0.25) is 0 Å². The van der Waals surface area contributed by atoms with Crippen LogP contribution in [-0.4, -0.2) is 15.3 Å². The lowest BCUT2D eigenvalue weighted by Crippen LogP contribution is -2.14. The number of rotatable bonds is 4. The van der Waals surface area contributed by atoms with E-state index >= 15 is 0 Å². The highest BCUT2D eigenvalue weighted by atomic mass is 16.5. The molecule has 0 radical (unpaired) electrons. The summed E-state index contributed by atoms with van der Waals surface area (Å²) in [5.41, 5.74) is 1.99. The zero-order chi connectivity index (χ0) is 11.5. The summed E-state index contributed by atoms with van der Waals surface area (Å²) in [5.74, 6) is 2.08. The summed E-state index contributed by atoms with van der Waals surface area (Å²) in [6.07, 6.45) is 0. The molecule has 0 spiro atoms. The monoisotopic (exact) mass is 222 g/mol. The molecule has 0 atom stereocenters. The van der Waals surface area contributed by atoms with E-state index in [1.54, 1.807) is 6.92 Å². The first kappa shape index (κ1) is 10.8. The lowest BCUT2D eigenvalue weighted by Gasteiger charge is -2.00. The third-order valence-corrected chi connectivity index (χ3v) is 2.34. The van der Waals surface area contributed by atoms with Crippen molar-refractivity contribution in [3.63, 3.8) is 0 Å². The van der Waals surface area contributed by atoms with Crippen LogP contribution in [0.4, 0.5) is 0 Å². The standard InChI is InChI=1S/C10H14N4O2/c1-6-9(7(2)15-13-6)4-11-5-10-12-8(3)16-14-10/h11H,4-5H2,1-3H3. The first-order valence-electron chi connectivity index (χ1n) is 5.08. The molecule has 0 aromatic carbocycles. The highest BCUT2D eigenvalue weighted by Gasteiger charge is 2.08. The van der Waals surface area contributed by atoms with Gasteiger partial charge in [-0.1, -0.05) is 10.3 Å². The quantitative estimate of drug-likeness (QED) is 0.839. The molecule has 2 aromatic heterocycles.